The summed E-state index contributed by atoms with van der Waals surface area (Å²) in [4.78, 5) is 39.3. The minimum absolute atomic E-state index is 0.0871. The highest BCUT2D eigenvalue weighted by Crippen LogP contribution is 2.43. The predicted octanol–water partition coefficient (Wildman–Crippen LogP) is 4.26. The van der Waals surface area contributed by atoms with Crippen molar-refractivity contribution in [3.05, 3.63) is 89.5 Å². The lowest BCUT2D eigenvalue weighted by Gasteiger charge is -2.26. The van der Waals surface area contributed by atoms with Gasteiger partial charge in [-0.05, 0) is 66.2 Å². The van der Waals surface area contributed by atoms with Crippen LogP contribution < -0.4 is 19.1 Å². The average molecular weight is 473 g/mol. The number of esters is 1. The third-order valence-corrected chi connectivity index (χ3v) is 5.59. The first-order valence-electron chi connectivity index (χ1n) is 10.7. The zero-order valence-corrected chi connectivity index (χ0v) is 19.3. The molecule has 1 aliphatic rings. The summed E-state index contributed by atoms with van der Waals surface area (Å²) in [6.45, 7) is 1.28. The molecular weight excluding hydrogens is 450 g/mol. The average Bonchev–Trinajstić information content (AvgIpc) is 3.13. The first kappa shape index (κ1) is 23.6. The van der Waals surface area contributed by atoms with E-state index in [1.807, 2.05) is 0 Å². The highest BCUT2D eigenvalue weighted by molar-refractivity contribution is 6.51. The molecule has 3 aromatic rings. The normalized spacial score (nSPS) is 16.8. The molecule has 8 heteroatoms. The van der Waals surface area contributed by atoms with Crippen molar-refractivity contribution in [1.29, 1.82) is 0 Å². The number of ether oxygens (including phenoxy) is 3. The van der Waals surface area contributed by atoms with Crippen LogP contribution in [0.3, 0.4) is 0 Å². The molecule has 35 heavy (non-hydrogen) atoms. The SMILES string of the molecule is COc1ccc(/C(O)=C2/C(=O)C(=O)N(c3ccc(OC)cc3)C2c2cccc(OC(C)=O)c2)cc1. The van der Waals surface area contributed by atoms with E-state index in [1.54, 1.807) is 72.8 Å². The van der Waals surface area contributed by atoms with Crippen molar-refractivity contribution in [2.75, 3.05) is 19.1 Å². The van der Waals surface area contributed by atoms with Crippen LogP contribution in [-0.4, -0.2) is 37.0 Å². The number of rotatable bonds is 6. The lowest BCUT2D eigenvalue weighted by Crippen LogP contribution is -2.29. The number of amides is 1. The maximum Gasteiger partial charge on any atom is 0.308 e. The van der Waals surface area contributed by atoms with Crippen LogP contribution in [0.4, 0.5) is 5.69 Å². The number of hydrogen-bond donors (Lipinski definition) is 1. The van der Waals surface area contributed by atoms with Gasteiger partial charge in [-0.1, -0.05) is 12.1 Å². The summed E-state index contributed by atoms with van der Waals surface area (Å²) in [5.74, 6) is -1.07. The predicted molar refractivity (Wildman–Crippen MR) is 129 cm³/mol. The number of benzene rings is 3. The number of ketones is 1. The van der Waals surface area contributed by atoms with Gasteiger partial charge in [0.2, 0.25) is 0 Å². The van der Waals surface area contributed by atoms with Crippen LogP contribution in [0.1, 0.15) is 24.1 Å². The summed E-state index contributed by atoms with van der Waals surface area (Å²) in [6.07, 6.45) is 0. The van der Waals surface area contributed by atoms with Gasteiger partial charge in [0.15, 0.2) is 0 Å². The van der Waals surface area contributed by atoms with Crippen molar-refractivity contribution >= 4 is 29.1 Å². The smallest absolute Gasteiger partial charge is 0.308 e. The van der Waals surface area contributed by atoms with Gasteiger partial charge in [0.25, 0.3) is 11.7 Å². The lowest BCUT2D eigenvalue weighted by molar-refractivity contribution is -0.132. The van der Waals surface area contributed by atoms with Gasteiger partial charge in [-0.15, -0.1) is 0 Å². The third-order valence-electron chi connectivity index (χ3n) is 5.59. The Morgan fingerprint density at radius 2 is 1.46 bits per heavy atom. The van der Waals surface area contributed by atoms with Gasteiger partial charge in [-0.3, -0.25) is 19.3 Å². The monoisotopic (exact) mass is 473 g/mol. The molecule has 0 radical (unpaired) electrons. The Balaban J connectivity index is 1.90. The molecule has 1 fully saturated rings. The third kappa shape index (κ3) is 4.59. The molecule has 0 spiro atoms. The number of aliphatic hydroxyl groups excluding tert-OH is 1. The molecule has 0 saturated carbocycles. The van der Waals surface area contributed by atoms with E-state index in [9.17, 15) is 19.5 Å². The molecule has 4 rings (SSSR count). The molecule has 178 valence electrons. The van der Waals surface area contributed by atoms with E-state index in [0.29, 0.717) is 28.3 Å². The van der Waals surface area contributed by atoms with Gasteiger partial charge >= 0.3 is 5.97 Å². The van der Waals surface area contributed by atoms with Crippen LogP contribution in [0.25, 0.3) is 5.76 Å². The van der Waals surface area contributed by atoms with Crippen LogP contribution in [0.15, 0.2) is 78.4 Å². The minimum atomic E-state index is -0.971. The molecule has 1 heterocycles. The Hall–Kier alpha value is -4.59. The van der Waals surface area contributed by atoms with E-state index in [-0.39, 0.29) is 17.1 Å². The van der Waals surface area contributed by atoms with E-state index >= 15 is 0 Å². The number of carbonyl (C=O) groups excluding carboxylic acids is 3. The first-order valence-corrected chi connectivity index (χ1v) is 10.7. The number of aliphatic hydroxyl groups is 1. The fourth-order valence-corrected chi connectivity index (χ4v) is 3.98. The molecule has 1 atom stereocenters. The van der Waals surface area contributed by atoms with Crippen LogP contribution in [-0.2, 0) is 14.4 Å². The molecule has 8 nitrogen and oxygen atoms in total. The second-order valence-electron chi connectivity index (χ2n) is 7.76. The van der Waals surface area contributed by atoms with Crippen molar-refractivity contribution in [3.63, 3.8) is 0 Å². The number of nitrogens with zero attached hydrogens (tertiary/aromatic N) is 1. The summed E-state index contributed by atoms with van der Waals surface area (Å²) in [7, 11) is 3.04. The maximum atomic E-state index is 13.3. The molecule has 1 saturated heterocycles. The molecule has 1 amide bonds. The molecular formula is C27H23NO7. The van der Waals surface area contributed by atoms with E-state index < -0.39 is 23.7 Å². The second-order valence-corrected chi connectivity index (χ2v) is 7.76. The molecule has 3 aromatic carbocycles. The minimum Gasteiger partial charge on any atom is -0.507 e. The van der Waals surface area contributed by atoms with Crippen molar-refractivity contribution < 1.29 is 33.7 Å². The summed E-state index contributed by atoms with van der Waals surface area (Å²) in [5.41, 5.74) is 1.18. The van der Waals surface area contributed by atoms with Gasteiger partial charge < -0.3 is 19.3 Å². The fourth-order valence-electron chi connectivity index (χ4n) is 3.98. The van der Waals surface area contributed by atoms with Crippen LogP contribution >= 0.6 is 0 Å². The van der Waals surface area contributed by atoms with Gasteiger partial charge in [0.1, 0.15) is 23.0 Å². The van der Waals surface area contributed by atoms with E-state index in [4.69, 9.17) is 14.2 Å². The number of carbonyl (C=O) groups is 3. The van der Waals surface area contributed by atoms with Gasteiger partial charge in [-0.25, -0.2) is 0 Å². The molecule has 1 aliphatic heterocycles. The van der Waals surface area contributed by atoms with E-state index in [2.05, 4.69) is 0 Å². The number of methoxy groups -OCH3 is 2. The van der Waals surface area contributed by atoms with Gasteiger partial charge in [0, 0.05) is 18.2 Å². The zero-order chi connectivity index (χ0) is 25.1. The number of hydrogen-bond acceptors (Lipinski definition) is 7. The van der Waals surface area contributed by atoms with Gasteiger partial charge in [0.05, 0.1) is 25.8 Å². The van der Waals surface area contributed by atoms with Crippen molar-refractivity contribution in [3.8, 4) is 17.2 Å². The zero-order valence-electron chi connectivity index (χ0n) is 19.3. The number of Topliss-reactive ketones (excluding diaryl/α,β-unsaturated/α-hetero) is 1. The molecule has 0 bridgehead atoms. The Bertz CT molecular complexity index is 1310. The van der Waals surface area contributed by atoms with E-state index in [0.717, 1.165) is 0 Å². The van der Waals surface area contributed by atoms with Crippen molar-refractivity contribution in [1.82, 2.24) is 0 Å². The Kier molecular flexibility index (Phi) is 6.55. The first-order chi connectivity index (χ1) is 16.8. The quantitative estimate of drug-likeness (QED) is 0.188. The van der Waals surface area contributed by atoms with Crippen molar-refractivity contribution in [2.45, 2.75) is 13.0 Å². The Morgan fingerprint density at radius 3 is 2.03 bits per heavy atom. The van der Waals surface area contributed by atoms with Crippen LogP contribution in [0.5, 0.6) is 17.2 Å². The Labute approximate surface area is 202 Å². The molecule has 0 aliphatic carbocycles. The highest BCUT2D eigenvalue weighted by atomic mass is 16.5. The van der Waals surface area contributed by atoms with Gasteiger partial charge in [-0.2, -0.15) is 0 Å². The van der Waals surface area contributed by atoms with E-state index in [1.165, 1.54) is 26.0 Å². The molecule has 0 aromatic heterocycles. The summed E-state index contributed by atoms with van der Waals surface area (Å²) in [5, 5.41) is 11.2. The fraction of sp³-hybridized carbons (Fsp3) is 0.148. The molecule has 1 unspecified atom stereocenters. The Morgan fingerprint density at radius 1 is 0.857 bits per heavy atom. The largest absolute Gasteiger partial charge is 0.507 e. The molecule has 1 N–H and O–H groups in total. The summed E-state index contributed by atoms with van der Waals surface area (Å²) >= 11 is 0. The topological polar surface area (TPSA) is 102 Å². The standard InChI is InChI=1S/C27H23NO7/c1-16(29)35-22-6-4-5-18(15-22)24-23(25(30)17-7-11-20(33-2)12-8-17)26(31)27(32)28(24)19-9-13-21(34-3)14-10-19/h4-15,24,30H,1-3H3/b25-23-. The highest BCUT2D eigenvalue weighted by Gasteiger charge is 2.47. The van der Waals surface area contributed by atoms with Crippen LogP contribution in [0, 0.1) is 0 Å². The van der Waals surface area contributed by atoms with Crippen molar-refractivity contribution in [2.24, 2.45) is 0 Å². The second kappa shape index (κ2) is 9.72. The summed E-state index contributed by atoms with van der Waals surface area (Å²) < 4.78 is 15.6. The summed E-state index contributed by atoms with van der Waals surface area (Å²) in [6, 6.07) is 18.7. The number of anilines is 1. The van der Waals surface area contributed by atoms with Crippen LogP contribution in [0.2, 0.25) is 0 Å². The maximum absolute atomic E-state index is 13.3. The lowest BCUT2D eigenvalue weighted by atomic mass is 9.95.